The minimum Gasteiger partial charge on any atom is -0.339 e. The van der Waals surface area contributed by atoms with E-state index in [4.69, 9.17) is 16.1 Å². The van der Waals surface area contributed by atoms with Gasteiger partial charge in [0, 0.05) is 36.6 Å². The lowest BCUT2D eigenvalue weighted by Gasteiger charge is -2.19. The molecule has 3 rings (SSSR count). The van der Waals surface area contributed by atoms with Crippen LogP contribution in [0.15, 0.2) is 34.9 Å². The maximum atomic E-state index is 12.0. The summed E-state index contributed by atoms with van der Waals surface area (Å²) in [5, 5.41) is 7.40. The number of nitrogens with zero attached hydrogens (tertiary/aromatic N) is 3. The van der Waals surface area contributed by atoms with Crippen LogP contribution in [-0.4, -0.2) is 41.1 Å². The highest BCUT2D eigenvalue weighted by molar-refractivity contribution is 6.30. The first-order valence-corrected chi connectivity index (χ1v) is 8.24. The van der Waals surface area contributed by atoms with E-state index in [0.717, 1.165) is 25.1 Å². The van der Waals surface area contributed by atoms with Crippen molar-refractivity contribution in [1.29, 1.82) is 0 Å². The van der Waals surface area contributed by atoms with E-state index in [0.29, 0.717) is 28.8 Å². The second-order valence-electron chi connectivity index (χ2n) is 5.81. The monoisotopic (exact) mass is 346 g/mol. The molecule has 1 N–H and O–H groups in total. The number of benzene rings is 1. The van der Waals surface area contributed by atoms with E-state index in [1.165, 1.54) is 0 Å². The van der Waals surface area contributed by atoms with Crippen LogP contribution in [0.5, 0.6) is 0 Å². The minimum atomic E-state index is -0.115. The van der Waals surface area contributed by atoms with Gasteiger partial charge in [-0.15, -0.1) is 0 Å². The SMILES string of the molecule is CN1CC=C(c2noc(CCC(=O)Nc3cccc(Cl)c3)n2)CC1. The lowest BCUT2D eigenvalue weighted by atomic mass is 10.1. The van der Waals surface area contributed by atoms with Crippen molar-refractivity contribution in [3.8, 4) is 0 Å². The zero-order valence-electron chi connectivity index (χ0n) is 13.5. The predicted octanol–water partition coefficient (Wildman–Crippen LogP) is 3.01. The number of hydrogen-bond acceptors (Lipinski definition) is 5. The van der Waals surface area contributed by atoms with Crippen LogP contribution in [0, 0.1) is 0 Å². The van der Waals surface area contributed by atoms with Gasteiger partial charge in [-0.1, -0.05) is 28.9 Å². The topological polar surface area (TPSA) is 71.3 Å². The molecule has 0 unspecified atom stereocenters. The Hall–Kier alpha value is -2.18. The first-order valence-electron chi connectivity index (χ1n) is 7.86. The van der Waals surface area contributed by atoms with Gasteiger partial charge in [0.1, 0.15) is 0 Å². The molecule has 0 spiro atoms. The molecule has 1 aromatic carbocycles. The Morgan fingerprint density at radius 1 is 1.46 bits per heavy atom. The molecule has 0 atom stereocenters. The van der Waals surface area contributed by atoms with E-state index in [1.807, 2.05) is 0 Å². The van der Waals surface area contributed by atoms with Gasteiger partial charge in [-0.05, 0) is 37.2 Å². The Balaban J connectivity index is 1.53. The normalized spacial score (nSPS) is 15.2. The molecule has 6 nitrogen and oxygen atoms in total. The van der Waals surface area contributed by atoms with E-state index < -0.39 is 0 Å². The molecule has 1 aliphatic rings. The third-order valence-electron chi connectivity index (χ3n) is 3.84. The molecule has 2 aromatic rings. The zero-order chi connectivity index (χ0) is 16.9. The van der Waals surface area contributed by atoms with Crippen LogP contribution in [0.3, 0.4) is 0 Å². The quantitative estimate of drug-likeness (QED) is 0.901. The highest BCUT2D eigenvalue weighted by Crippen LogP contribution is 2.19. The number of hydrogen-bond donors (Lipinski definition) is 1. The predicted molar refractivity (Wildman–Crippen MR) is 92.8 cm³/mol. The average molecular weight is 347 g/mol. The van der Waals surface area contributed by atoms with Gasteiger partial charge < -0.3 is 14.7 Å². The molecule has 1 aliphatic heterocycles. The maximum Gasteiger partial charge on any atom is 0.227 e. The Labute approximate surface area is 145 Å². The molecule has 0 saturated carbocycles. The van der Waals surface area contributed by atoms with Gasteiger partial charge in [-0.25, -0.2) is 0 Å². The molecule has 0 aliphatic carbocycles. The highest BCUT2D eigenvalue weighted by Gasteiger charge is 2.16. The smallest absolute Gasteiger partial charge is 0.227 e. The van der Waals surface area contributed by atoms with Gasteiger partial charge in [-0.3, -0.25) is 4.79 Å². The van der Waals surface area contributed by atoms with Crippen molar-refractivity contribution >= 4 is 28.8 Å². The van der Waals surface area contributed by atoms with Gasteiger partial charge in [0.2, 0.25) is 11.8 Å². The second-order valence-corrected chi connectivity index (χ2v) is 6.25. The van der Waals surface area contributed by atoms with Crippen LogP contribution in [-0.2, 0) is 11.2 Å². The van der Waals surface area contributed by atoms with Crippen molar-refractivity contribution in [3.63, 3.8) is 0 Å². The summed E-state index contributed by atoms with van der Waals surface area (Å²) in [4.78, 5) is 18.6. The second kappa shape index (κ2) is 7.59. The van der Waals surface area contributed by atoms with Gasteiger partial charge in [0.25, 0.3) is 0 Å². The number of amides is 1. The van der Waals surface area contributed by atoms with Crippen LogP contribution in [0.25, 0.3) is 5.57 Å². The summed E-state index contributed by atoms with van der Waals surface area (Å²) in [7, 11) is 2.08. The number of carbonyl (C=O) groups is 1. The van der Waals surface area contributed by atoms with E-state index in [-0.39, 0.29) is 12.3 Å². The lowest BCUT2D eigenvalue weighted by molar-refractivity contribution is -0.116. The van der Waals surface area contributed by atoms with Crippen molar-refractivity contribution in [3.05, 3.63) is 47.1 Å². The molecule has 2 heterocycles. The summed E-state index contributed by atoms with van der Waals surface area (Å²) in [6.45, 7) is 1.87. The Morgan fingerprint density at radius 2 is 2.33 bits per heavy atom. The molecule has 0 fully saturated rings. The standard InChI is InChI=1S/C17H19ClN4O2/c1-22-9-7-12(8-10-22)17-20-16(24-21-17)6-5-15(23)19-14-4-2-3-13(18)11-14/h2-4,7,11H,5-6,8-10H2,1H3,(H,19,23). The Kier molecular flexibility index (Phi) is 5.27. The number of aryl methyl sites for hydroxylation is 1. The molecule has 126 valence electrons. The number of likely N-dealkylation sites (N-methyl/N-ethyl adjacent to an activating group) is 1. The number of halogens is 1. The third kappa shape index (κ3) is 4.43. The van der Waals surface area contributed by atoms with Crippen molar-refractivity contribution in [2.24, 2.45) is 0 Å². The molecule has 0 bridgehead atoms. The fraction of sp³-hybridized carbons (Fsp3) is 0.353. The summed E-state index contributed by atoms with van der Waals surface area (Å²) in [6.07, 6.45) is 3.71. The van der Waals surface area contributed by atoms with Crippen LogP contribution < -0.4 is 5.32 Å². The van der Waals surface area contributed by atoms with Crippen molar-refractivity contribution in [1.82, 2.24) is 15.0 Å². The van der Waals surface area contributed by atoms with Crippen LogP contribution in [0.4, 0.5) is 5.69 Å². The van der Waals surface area contributed by atoms with E-state index >= 15 is 0 Å². The summed E-state index contributed by atoms with van der Waals surface area (Å²) < 4.78 is 5.25. The number of anilines is 1. The summed E-state index contributed by atoms with van der Waals surface area (Å²) in [5.41, 5.74) is 1.78. The van der Waals surface area contributed by atoms with Crippen LogP contribution in [0.1, 0.15) is 24.6 Å². The molecular weight excluding hydrogens is 328 g/mol. The van der Waals surface area contributed by atoms with Crippen LogP contribution >= 0.6 is 11.6 Å². The van der Waals surface area contributed by atoms with Gasteiger partial charge in [-0.2, -0.15) is 4.98 Å². The van der Waals surface area contributed by atoms with Gasteiger partial charge >= 0.3 is 0 Å². The average Bonchev–Trinajstić information content (AvgIpc) is 3.03. The summed E-state index contributed by atoms with van der Waals surface area (Å²) in [5.74, 6) is 0.995. The molecule has 1 aromatic heterocycles. The van der Waals surface area contributed by atoms with Gasteiger partial charge in [0.05, 0.1) is 0 Å². The Morgan fingerprint density at radius 3 is 3.08 bits per heavy atom. The third-order valence-corrected chi connectivity index (χ3v) is 4.08. The summed E-state index contributed by atoms with van der Waals surface area (Å²) >= 11 is 5.89. The summed E-state index contributed by atoms with van der Waals surface area (Å²) in [6, 6.07) is 7.05. The first-order chi connectivity index (χ1) is 11.6. The number of nitrogens with one attached hydrogen (secondary N) is 1. The van der Waals surface area contributed by atoms with E-state index in [2.05, 4.69) is 33.5 Å². The molecule has 1 amide bonds. The lowest BCUT2D eigenvalue weighted by Crippen LogP contribution is -2.23. The molecule has 7 heteroatoms. The largest absolute Gasteiger partial charge is 0.339 e. The first kappa shape index (κ1) is 16.7. The fourth-order valence-electron chi connectivity index (χ4n) is 2.47. The molecule has 24 heavy (non-hydrogen) atoms. The van der Waals surface area contributed by atoms with Crippen molar-refractivity contribution in [2.75, 3.05) is 25.5 Å². The van der Waals surface area contributed by atoms with E-state index in [9.17, 15) is 4.79 Å². The molecule has 0 saturated heterocycles. The van der Waals surface area contributed by atoms with Crippen molar-refractivity contribution in [2.45, 2.75) is 19.3 Å². The maximum absolute atomic E-state index is 12.0. The molecular formula is C17H19ClN4O2. The highest BCUT2D eigenvalue weighted by atomic mass is 35.5. The number of aromatic nitrogens is 2. The van der Waals surface area contributed by atoms with E-state index in [1.54, 1.807) is 24.3 Å². The Bertz CT molecular complexity index is 757. The molecule has 0 radical (unpaired) electrons. The minimum absolute atomic E-state index is 0.115. The number of rotatable bonds is 5. The van der Waals surface area contributed by atoms with Crippen LogP contribution in [0.2, 0.25) is 5.02 Å². The fourth-order valence-corrected chi connectivity index (χ4v) is 2.66. The number of carbonyl (C=O) groups excluding carboxylic acids is 1. The van der Waals surface area contributed by atoms with Crippen molar-refractivity contribution < 1.29 is 9.32 Å². The van der Waals surface area contributed by atoms with Gasteiger partial charge in [0.15, 0.2) is 5.82 Å². The zero-order valence-corrected chi connectivity index (χ0v) is 14.2.